The normalized spacial score (nSPS) is 10.9. The second kappa shape index (κ2) is 6.10. The summed E-state index contributed by atoms with van der Waals surface area (Å²) in [4.78, 5) is 27.5. The van der Waals surface area contributed by atoms with Gasteiger partial charge in [-0.1, -0.05) is 35.3 Å². The highest BCUT2D eigenvalue weighted by Gasteiger charge is 2.12. The molecule has 1 heterocycles. The van der Waals surface area contributed by atoms with Crippen LogP contribution >= 0.6 is 23.2 Å². The molecule has 0 aliphatic rings. The molecule has 7 heteroatoms. The summed E-state index contributed by atoms with van der Waals surface area (Å²) in [5.74, 6) is 0.651. The van der Waals surface area contributed by atoms with Crippen molar-refractivity contribution in [3.05, 3.63) is 72.8 Å². The van der Waals surface area contributed by atoms with Crippen LogP contribution in [0.5, 0.6) is 5.75 Å². The van der Waals surface area contributed by atoms with E-state index in [0.717, 1.165) is 10.1 Å². The highest BCUT2D eigenvalue weighted by Crippen LogP contribution is 2.23. The molecule has 0 saturated heterocycles. The van der Waals surface area contributed by atoms with Crippen molar-refractivity contribution >= 4 is 34.1 Å². The Labute approximate surface area is 141 Å². The molecule has 2 aromatic carbocycles. The van der Waals surface area contributed by atoms with E-state index in [2.05, 4.69) is 4.98 Å². The van der Waals surface area contributed by atoms with E-state index in [-0.39, 0.29) is 17.0 Å². The first-order chi connectivity index (χ1) is 11.0. The van der Waals surface area contributed by atoms with Gasteiger partial charge in [-0.25, -0.2) is 4.79 Å². The van der Waals surface area contributed by atoms with Gasteiger partial charge in [0.1, 0.15) is 5.75 Å². The van der Waals surface area contributed by atoms with Gasteiger partial charge in [0.25, 0.3) is 5.56 Å². The van der Waals surface area contributed by atoms with Crippen molar-refractivity contribution < 1.29 is 4.74 Å². The summed E-state index contributed by atoms with van der Waals surface area (Å²) in [5.41, 5.74) is 0.0951. The van der Waals surface area contributed by atoms with E-state index < -0.39 is 11.2 Å². The number of hydrogen-bond acceptors (Lipinski definition) is 3. The van der Waals surface area contributed by atoms with Crippen LogP contribution in [0.3, 0.4) is 0 Å². The predicted molar refractivity (Wildman–Crippen MR) is 90.9 cm³/mol. The Bertz CT molecular complexity index is 1010. The molecule has 0 bridgehead atoms. The zero-order chi connectivity index (χ0) is 16.6. The third-order valence-electron chi connectivity index (χ3n) is 3.48. The molecular weight excluding hydrogens is 339 g/mol. The molecule has 0 aliphatic heterocycles. The van der Waals surface area contributed by atoms with Crippen molar-refractivity contribution in [1.82, 2.24) is 9.55 Å². The quantitative estimate of drug-likeness (QED) is 0.789. The van der Waals surface area contributed by atoms with Crippen LogP contribution in [-0.4, -0.2) is 16.7 Å². The minimum absolute atomic E-state index is 0.111. The number of aromatic nitrogens is 2. The molecule has 5 nitrogen and oxygen atoms in total. The standard InChI is InChI=1S/C16H12Cl2N2O3/c1-23-11-4-2-3-9(5-11)8-20-15(21)14-12(18)6-10(17)7-13(14)19-16(20)22/h2-7H,8H2,1H3,(H,19,22). The van der Waals surface area contributed by atoms with Crippen LogP contribution in [0.4, 0.5) is 0 Å². The van der Waals surface area contributed by atoms with Crippen LogP contribution < -0.4 is 16.0 Å². The molecule has 23 heavy (non-hydrogen) atoms. The lowest BCUT2D eigenvalue weighted by Gasteiger charge is -2.09. The van der Waals surface area contributed by atoms with E-state index in [1.807, 2.05) is 6.07 Å². The topological polar surface area (TPSA) is 64.1 Å². The van der Waals surface area contributed by atoms with E-state index in [1.165, 1.54) is 12.1 Å². The maximum Gasteiger partial charge on any atom is 0.329 e. The first-order valence-corrected chi connectivity index (χ1v) is 7.50. The van der Waals surface area contributed by atoms with E-state index >= 15 is 0 Å². The third kappa shape index (κ3) is 2.98. The monoisotopic (exact) mass is 350 g/mol. The summed E-state index contributed by atoms with van der Waals surface area (Å²) in [5, 5.41) is 0.787. The van der Waals surface area contributed by atoms with Gasteiger partial charge < -0.3 is 9.72 Å². The Morgan fingerprint density at radius 1 is 1.17 bits per heavy atom. The first-order valence-electron chi connectivity index (χ1n) is 6.74. The number of fused-ring (bicyclic) bond motifs is 1. The lowest BCUT2D eigenvalue weighted by Crippen LogP contribution is -2.35. The molecule has 0 atom stereocenters. The Hall–Kier alpha value is -2.24. The van der Waals surface area contributed by atoms with Gasteiger partial charge in [0.2, 0.25) is 0 Å². The average Bonchev–Trinajstić information content (AvgIpc) is 2.50. The van der Waals surface area contributed by atoms with E-state index in [4.69, 9.17) is 27.9 Å². The maximum atomic E-state index is 12.6. The lowest BCUT2D eigenvalue weighted by atomic mass is 10.2. The van der Waals surface area contributed by atoms with Crippen LogP contribution in [0.25, 0.3) is 10.9 Å². The Kier molecular flexibility index (Phi) is 4.15. The SMILES string of the molecule is COc1cccc(Cn2c(=O)[nH]c3cc(Cl)cc(Cl)c3c2=O)c1. The molecule has 3 rings (SSSR count). The minimum atomic E-state index is -0.524. The van der Waals surface area contributed by atoms with Crippen LogP contribution in [0.1, 0.15) is 5.56 Å². The van der Waals surface area contributed by atoms with Gasteiger partial charge in [0, 0.05) is 5.02 Å². The van der Waals surface area contributed by atoms with Gasteiger partial charge >= 0.3 is 5.69 Å². The summed E-state index contributed by atoms with van der Waals surface area (Å²) in [6, 6.07) is 10.1. The van der Waals surface area contributed by atoms with Gasteiger partial charge in [-0.05, 0) is 29.8 Å². The van der Waals surface area contributed by atoms with Crippen LogP contribution in [-0.2, 0) is 6.54 Å². The summed E-state index contributed by atoms with van der Waals surface area (Å²) < 4.78 is 6.24. The second-order valence-corrected chi connectivity index (χ2v) is 5.83. The van der Waals surface area contributed by atoms with Crippen molar-refractivity contribution in [2.75, 3.05) is 7.11 Å². The Morgan fingerprint density at radius 3 is 2.70 bits per heavy atom. The number of benzene rings is 2. The highest BCUT2D eigenvalue weighted by molar-refractivity contribution is 6.38. The van der Waals surface area contributed by atoms with Crippen molar-refractivity contribution in [3.8, 4) is 5.75 Å². The second-order valence-electron chi connectivity index (χ2n) is 4.98. The van der Waals surface area contributed by atoms with Crippen molar-refractivity contribution in [1.29, 1.82) is 0 Å². The number of hydrogen-bond donors (Lipinski definition) is 1. The number of methoxy groups -OCH3 is 1. The number of aromatic amines is 1. The molecular formula is C16H12Cl2N2O3. The smallest absolute Gasteiger partial charge is 0.329 e. The van der Waals surface area contributed by atoms with Crippen molar-refractivity contribution in [2.24, 2.45) is 0 Å². The molecule has 0 saturated carbocycles. The Morgan fingerprint density at radius 2 is 1.96 bits per heavy atom. The zero-order valence-corrected chi connectivity index (χ0v) is 13.6. The predicted octanol–water partition coefficient (Wildman–Crippen LogP) is 3.05. The summed E-state index contributed by atoms with van der Waals surface area (Å²) in [6.45, 7) is 0.111. The fourth-order valence-corrected chi connectivity index (χ4v) is 2.97. The van der Waals surface area contributed by atoms with Crippen LogP contribution in [0.2, 0.25) is 10.0 Å². The number of halogens is 2. The fraction of sp³-hybridized carbons (Fsp3) is 0.125. The average molecular weight is 351 g/mol. The number of ether oxygens (including phenoxy) is 1. The van der Waals surface area contributed by atoms with E-state index in [9.17, 15) is 9.59 Å². The number of rotatable bonds is 3. The zero-order valence-electron chi connectivity index (χ0n) is 12.1. The van der Waals surface area contributed by atoms with E-state index in [0.29, 0.717) is 16.3 Å². The number of H-pyrrole nitrogens is 1. The molecule has 1 N–H and O–H groups in total. The van der Waals surface area contributed by atoms with Gasteiger partial charge in [0.15, 0.2) is 0 Å². The summed E-state index contributed by atoms with van der Waals surface area (Å²) >= 11 is 12.0. The molecule has 0 aliphatic carbocycles. The van der Waals surface area contributed by atoms with Gasteiger partial charge in [-0.2, -0.15) is 0 Å². The third-order valence-corrected chi connectivity index (χ3v) is 3.99. The maximum absolute atomic E-state index is 12.6. The molecule has 0 fully saturated rings. The van der Waals surface area contributed by atoms with Crippen LogP contribution in [0.15, 0.2) is 46.0 Å². The lowest BCUT2D eigenvalue weighted by molar-refractivity contribution is 0.414. The largest absolute Gasteiger partial charge is 0.497 e. The molecule has 0 radical (unpaired) electrons. The molecule has 1 aromatic heterocycles. The summed E-state index contributed by atoms with van der Waals surface area (Å²) in [7, 11) is 1.55. The van der Waals surface area contributed by atoms with Gasteiger partial charge in [-0.3, -0.25) is 9.36 Å². The number of nitrogens with one attached hydrogen (secondary N) is 1. The first kappa shape index (κ1) is 15.6. The van der Waals surface area contributed by atoms with Gasteiger partial charge in [-0.15, -0.1) is 0 Å². The molecule has 0 spiro atoms. The molecule has 0 unspecified atom stereocenters. The van der Waals surface area contributed by atoms with E-state index in [1.54, 1.807) is 25.3 Å². The highest BCUT2D eigenvalue weighted by atomic mass is 35.5. The molecule has 0 amide bonds. The van der Waals surface area contributed by atoms with Crippen molar-refractivity contribution in [3.63, 3.8) is 0 Å². The van der Waals surface area contributed by atoms with Crippen LogP contribution in [0, 0.1) is 0 Å². The minimum Gasteiger partial charge on any atom is -0.497 e. The van der Waals surface area contributed by atoms with Crippen molar-refractivity contribution in [2.45, 2.75) is 6.54 Å². The molecule has 3 aromatic rings. The summed E-state index contributed by atoms with van der Waals surface area (Å²) in [6.07, 6.45) is 0. The number of nitrogens with zero attached hydrogens (tertiary/aromatic N) is 1. The fourth-order valence-electron chi connectivity index (χ4n) is 2.40. The molecule has 118 valence electrons. The van der Waals surface area contributed by atoms with Gasteiger partial charge in [0.05, 0.1) is 29.6 Å². The Balaban J connectivity index is 2.18.